The molecule has 0 spiro atoms. The van der Waals surface area contributed by atoms with Crippen molar-refractivity contribution in [3.8, 4) is 11.5 Å². The second-order valence-corrected chi connectivity index (χ2v) is 7.20. The maximum atomic E-state index is 12.1. The molecule has 0 atom stereocenters. The fraction of sp³-hybridized carbons (Fsp3) is 0.174. The van der Waals surface area contributed by atoms with Gasteiger partial charge in [-0.3, -0.25) is 0 Å². The molecule has 3 aromatic carbocycles. The Balaban J connectivity index is 1.67. The van der Waals surface area contributed by atoms with Crippen LogP contribution < -0.4 is 9.47 Å². The molecule has 0 saturated heterocycles. The van der Waals surface area contributed by atoms with Crippen LogP contribution in [0.4, 0.5) is 0 Å². The Bertz CT molecular complexity index is 968. The number of carbonyl (C=O) groups is 1. The standard InChI is InChI=1S/C23H21BrO4/c1-16-6-3-8-18(22(16)23(25)26-2)15-28-21-11-5-10-20(13-21)27-14-17-7-4-9-19(24)12-17/h3-13H,14-15H2,1-2H3. The van der Waals surface area contributed by atoms with Gasteiger partial charge in [-0.2, -0.15) is 0 Å². The minimum Gasteiger partial charge on any atom is -0.489 e. The molecule has 144 valence electrons. The van der Waals surface area contributed by atoms with E-state index in [1.165, 1.54) is 7.11 Å². The van der Waals surface area contributed by atoms with Crippen LogP contribution >= 0.6 is 15.9 Å². The van der Waals surface area contributed by atoms with Gasteiger partial charge in [-0.15, -0.1) is 0 Å². The number of ether oxygens (including phenoxy) is 3. The number of methoxy groups -OCH3 is 1. The third-order valence-corrected chi connectivity index (χ3v) is 4.74. The number of carbonyl (C=O) groups excluding carboxylic acids is 1. The molecule has 0 aliphatic carbocycles. The SMILES string of the molecule is COC(=O)c1c(C)cccc1COc1cccc(OCc2cccc(Br)c2)c1. The van der Waals surface area contributed by atoms with Gasteiger partial charge in [0.1, 0.15) is 24.7 Å². The predicted octanol–water partition coefficient (Wildman–Crippen LogP) is 5.70. The van der Waals surface area contributed by atoms with Crippen LogP contribution in [0.3, 0.4) is 0 Å². The van der Waals surface area contributed by atoms with Crippen LogP contribution in [0.2, 0.25) is 0 Å². The summed E-state index contributed by atoms with van der Waals surface area (Å²) in [5.41, 5.74) is 3.27. The molecule has 0 unspecified atom stereocenters. The highest BCUT2D eigenvalue weighted by Crippen LogP contribution is 2.23. The van der Waals surface area contributed by atoms with Gasteiger partial charge >= 0.3 is 5.97 Å². The first kappa shape index (κ1) is 20.0. The van der Waals surface area contributed by atoms with Crippen LogP contribution in [0.5, 0.6) is 11.5 Å². The van der Waals surface area contributed by atoms with Gasteiger partial charge in [0.25, 0.3) is 0 Å². The van der Waals surface area contributed by atoms with E-state index in [4.69, 9.17) is 14.2 Å². The first-order chi connectivity index (χ1) is 13.6. The zero-order valence-corrected chi connectivity index (χ0v) is 17.4. The summed E-state index contributed by atoms with van der Waals surface area (Å²) < 4.78 is 17.7. The van der Waals surface area contributed by atoms with E-state index >= 15 is 0 Å². The summed E-state index contributed by atoms with van der Waals surface area (Å²) in [5, 5.41) is 0. The van der Waals surface area contributed by atoms with E-state index in [-0.39, 0.29) is 12.6 Å². The Morgan fingerprint density at radius 3 is 2.29 bits per heavy atom. The Hall–Kier alpha value is -2.79. The minimum absolute atomic E-state index is 0.265. The molecule has 0 aliphatic rings. The minimum atomic E-state index is -0.359. The zero-order valence-electron chi connectivity index (χ0n) is 15.8. The van der Waals surface area contributed by atoms with Crippen LogP contribution in [0.15, 0.2) is 71.2 Å². The largest absolute Gasteiger partial charge is 0.489 e. The molecule has 0 aliphatic heterocycles. The summed E-state index contributed by atoms with van der Waals surface area (Å²) in [4.78, 5) is 12.1. The van der Waals surface area contributed by atoms with E-state index in [1.54, 1.807) is 0 Å². The number of rotatable bonds is 7. The van der Waals surface area contributed by atoms with Gasteiger partial charge in [-0.25, -0.2) is 4.79 Å². The van der Waals surface area contributed by atoms with Crippen LogP contribution in [-0.2, 0) is 18.0 Å². The van der Waals surface area contributed by atoms with Crippen molar-refractivity contribution < 1.29 is 19.0 Å². The molecule has 0 fully saturated rings. The fourth-order valence-electron chi connectivity index (χ4n) is 2.85. The highest BCUT2D eigenvalue weighted by atomic mass is 79.9. The zero-order chi connectivity index (χ0) is 19.9. The molecule has 28 heavy (non-hydrogen) atoms. The van der Waals surface area contributed by atoms with E-state index < -0.39 is 0 Å². The summed E-state index contributed by atoms with van der Waals surface area (Å²) in [7, 11) is 1.38. The summed E-state index contributed by atoms with van der Waals surface area (Å²) in [6, 6.07) is 21.1. The number of benzene rings is 3. The summed E-state index contributed by atoms with van der Waals surface area (Å²) >= 11 is 3.46. The third-order valence-electron chi connectivity index (χ3n) is 4.24. The number of hydrogen-bond acceptors (Lipinski definition) is 4. The molecule has 0 bridgehead atoms. The number of esters is 1. The van der Waals surface area contributed by atoms with Crippen LogP contribution in [-0.4, -0.2) is 13.1 Å². The fourth-order valence-corrected chi connectivity index (χ4v) is 3.30. The van der Waals surface area contributed by atoms with Gasteiger partial charge in [0.15, 0.2) is 0 Å². The van der Waals surface area contributed by atoms with Gasteiger partial charge in [0.05, 0.1) is 12.7 Å². The molecule has 0 amide bonds. The quantitative estimate of drug-likeness (QED) is 0.441. The molecule has 0 aromatic heterocycles. The molecule has 0 saturated carbocycles. The van der Waals surface area contributed by atoms with Crippen LogP contribution in [0.25, 0.3) is 0 Å². The first-order valence-corrected chi connectivity index (χ1v) is 9.63. The summed E-state index contributed by atoms with van der Waals surface area (Å²) in [5.74, 6) is 1.03. The molecule has 0 heterocycles. The van der Waals surface area contributed by atoms with Crippen molar-refractivity contribution in [2.75, 3.05) is 7.11 Å². The van der Waals surface area contributed by atoms with Crippen molar-refractivity contribution in [1.82, 2.24) is 0 Å². The van der Waals surface area contributed by atoms with Crippen molar-refractivity contribution in [3.63, 3.8) is 0 Å². The lowest BCUT2D eigenvalue weighted by Gasteiger charge is -2.13. The van der Waals surface area contributed by atoms with Crippen molar-refractivity contribution >= 4 is 21.9 Å². The van der Waals surface area contributed by atoms with Crippen molar-refractivity contribution in [3.05, 3.63) is 93.5 Å². The lowest BCUT2D eigenvalue weighted by molar-refractivity contribution is 0.0597. The van der Waals surface area contributed by atoms with Gasteiger partial charge in [0, 0.05) is 16.1 Å². The van der Waals surface area contributed by atoms with Crippen molar-refractivity contribution in [1.29, 1.82) is 0 Å². The predicted molar refractivity (Wildman–Crippen MR) is 112 cm³/mol. The molecule has 3 aromatic rings. The Morgan fingerprint density at radius 1 is 0.893 bits per heavy atom. The first-order valence-electron chi connectivity index (χ1n) is 8.83. The Morgan fingerprint density at radius 2 is 1.57 bits per heavy atom. The molecule has 3 rings (SSSR count). The maximum Gasteiger partial charge on any atom is 0.338 e. The van der Waals surface area contributed by atoms with E-state index in [1.807, 2.05) is 73.7 Å². The molecular weight excluding hydrogens is 420 g/mol. The maximum absolute atomic E-state index is 12.1. The number of hydrogen-bond donors (Lipinski definition) is 0. The lowest BCUT2D eigenvalue weighted by atomic mass is 10.0. The average molecular weight is 441 g/mol. The second-order valence-electron chi connectivity index (χ2n) is 6.28. The number of aryl methyl sites for hydroxylation is 1. The van der Waals surface area contributed by atoms with Gasteiger partial charge < -0.3 is 14.2 Å². The molecule has 4 nitrogen and oxygen atoms in total. The van der Waals surface area contributed by atoms with E-state index in [9.17, 15) is 4.79 Å². The second kappa shape index (κ2) is 9.42. The molecule has 5 heteroatoms. The normalized spacial score (nSPS) is 10.4. The van der Waals surface area contributed by atoms with E-state index in [0.717, 1.165) is 26.9 Å². The molecular formula is C23H21BrO4. The highest BCUT2D eigenvalue weighted by Gasteiger charge is 2.15. The Kier molecular flexibility index (Phi) is 6.71. The van der Waals surface area contributed by atoms with Crippen molar-refractivity contribution in [2.24, 2.45) is 0 Å². The van der Waals surface area contributed by atoms with E-state index in [0.29, 0.717) is 17.9 Å². The third kappa shape index (κ3) is 5.14. The topological polar surface area (TPSA) is 44.8 Å². The van der Waals surface area contributed by atoms with Gasteiger partial charge in [-0.05, 0) is 42.3 Å². The molecule has 0 radical (unpaired) electrons. The van der Waals surface area contributed by atoms with Gasteiger partial charge in [-0.1, -0.05) is 52.3 Å². The molecule has 0 N–H and O–H groups in total. The smallest absolute Gasteiger partial charge is 0.338 e. The monoisotopic (exact) mass is 440 g/mol. The van der Waals surface area contributed by atoms with Crippen molar-refractivity contribution in [2.45, 2.75) is 20.1 Å². The Labute approximate surface area is 173 Å². The average Bonchev–Trinajstić information content (AvgIpc) is 2.70. The lowest BCUT2D eigenvalue weighted by Crippen LogP contribution is -2.10. The van der Waals surface area contributed by atoms with E-state index in [2.05, 4.69) is 15.9 Å². The van der Waals surface area contributed by atoms with Crippen LogP contribution in [0.1, 0.15) is 27.0 Å². The summed E-state index contributed by atoms with van der Waals surface area (Å²) in [6.07, 6.45) is 0. The van der Waals surface area contributed by atoms with Crippen LogP contribution in [0, 0.1) is 6.92 Å². The number of halogens is 1. The van der Waals surface area contributed by atoms with Gasteiger partial charge in [0.2, 0.25) is 0 Å². The summed E-state index contributed by atoms with van der Waals surface area (Å²) in [6.45, 7) is 2.61. The highest BCUT2D eigenvalue weighted by molar-refractivity contribution is 9.10.